The van der Waals surface area contributed by atoms with Crippen LogP contribution >= 0.6 is 0 Å². The molecule has 1 aromatic heterocycles. The van der Waals surface area contributed by atoms with E-state index in [0.29, 0.717) is 17.1 Å². The van der Waals surface area contributed by atoms with Crippen molar-refractivity contribution in [3.8, 4) is 28.7 Å². The monoisotopic (exact) mass is 309 g/mol. The van der Waals surface area contributed by atoms with E-state index >= 15 is 0 Å². The standard InChI is InChI=1S/C18H19N3O2/c1-22-15-9-5-7-12(17(15)23-2)16-11-6-3-4-8-14(11)21-18(20)13(16)10-19/h5,7,9H,3-4,6,8H2,1-2H3,(H2,20,21). The summed E-state index contributed by atoms with van der Waals surface area (Å²) in [7, 11) is 3.20. The van der Waals surface area contributed by atoms with Gasteiger partial charge in [0.1, 0.15) is 17.5 Å². The van der Waals surface area contributed by atoms with Gasteiger partial charge in [-0.05, 0) is 37.3 Å². The van der Waals surface area contributed by atoms with Crippen LogP contribution in [0.1, 0.15) is 29.7 Å². The van der Waals surface area contributed by atoms with Gasteiger partial charge in [-0.15, -0.1) is 0 Å². The molecule has 2 aromatic rings. The van der Waals surface area contributed by atoms with Crippen LogP contribution in [0, 0.1) is 11.3 Å². The van der Waals surface area contributed by atoms with Gasteiger partial charge in [0.05, 0.1) is 14.2 Å². The summed E-state index contributed by atoms with van der Waals surface area (Å²) in [6.07, 6.45) is 3.97. The molecule has 0 atom stereocenters. The number of hydrogen-bond acceptors (Lipinski definition) is 5. The van der Waals surface area contributed by atoms with Crippen LogP contribution < -0.4 is 15.2 Å². The van der Waals surface area contributed by atoms with Crippen LogP contribution in [-0.4, -0.2) is 19.2 Å². The van der Waals surface area contributed by atoms with Crippen LogP contribution in [0.5, 0.6) is 11.5 Å². The molecule has 0 radical (unpaired) electrons. The fourth-order valence-corrected chi connectivity index (χ4v) is 3.26. The van der Waals surface area contributed by atoms with Crippen LogP contribution in [0.2, 0.25) is 0 Å². The minimum Gasteiger partial charge on any atom is -0.493 e. The molecule has 0 amide bonds. The third-order valence-electron chi connectivity index (χ3n) is 4.29. The van der Waals surface area contributed by atoms with Crippen molar-refractivity contribution in [2.45, 2.75) is 25.7 Å². The van der Waals surface area contributed by atoms with Gasteiger partial charge in [-0.2, -0.15) is 5.26 Å². The summed E-state index contributed by atoms with van der Waals surface area (Å²) >= 11 is 0. The van der Waals surface area contributed by atoms with Crippen molar-refractivity contribution in [1.82, 2.24) is 4.98 Å². The predicted octanol–water partition coefficient (Wildman–Crippen LogP) is 3.10. The average Bonchev–Trinajstić information content (AvgIpc) is 2.59. The Morgan fingerprint density at radius 2 is 1.96 bits per heavy atom. The summed E-state index contributed by atoms with van der Waals surface area (Å²) < 4.78 is 10.9. The number of fused-ring (bicyclic) bond motifs is 1. The maximum absolute atomic E-state index is 9.61. The lowest BCUT2D eigenvalue weighted by molar-refractivity contribution is 0.356. The van der Waals surface area contributed by atoms with Gasteiger partial charge in [-0.1, -0.05) is 12.1 Å². The Hall–Kier alpha value is -2.74. The lowest BCUT2D eigenvalue weighted by Crippen LogP contribution is -2.12. The maximum Gasteiger partial charge on any atom is 0.168 e. The summed E-state index contributed by atoms with van der Waals surface area (Å²) in [6, 6.07) is 7.88. The molecule has 0 saturated carbocycles. The molecule has 3 rings (SSSR count). The second-order valence-corrected chi connectivity index (χ2v) is 5.53. The number of hydrogen-bond donors (Lipinski definition) is 1. The molecule has 118 valence electrons. The van der Waals surface area contributed by atoms with E-state index in [9.17, 15) is 5.26 Å². The lowest BCUT2D eigenvalue weighted by Gasteiger charge is -2.22. The van der Waals surface area contributed by atoms with Crippen LogP contribution in [0.3, 0.4) is 0 Å². The zero-order valence-corrected chi connectivity index (χ0v) is 13.3. The van der Waals surface area contributed by atoms with E-state index < -0.39 is 0 Å². The molecule has 1 aliphatic carbocycles. The van der Waals surface area contributed by atoms with Gasteiger partial charge >= 0.3 is 0 Å². The van der Waals surface area contributed by atoms with E-state index in [4.69, 9.17) is 15.2 Å². The summed E-state index contributed by atoms with van der Waals surface area (Å²) in [5.74, 6) is 1.53. The molecule has 0 spiro atoms. The first-order chi connectivity index (χ1) is 11.2. The summed E-state index contributed by atoms with van der Waals surface area (Å²) in [5, 5.41) is 9.61. The van der Waals surface area contributed by atoms with E-state index in [2.05, 4.69) is 11.1 Å². The van der Waals surface area contributed by atoms with Crippen molar-refractivity contribution in [2.75, 3.05) is 20.0 Å². The molecule has 0 saturated heterocycles. The molecular formula is C18H19N3O2. The number of pyridine rings is 1. The highest BCUT2D eigenvalue weighted by Gasteiger charge is 2.24. The second kappa shape index (κ2) is 6.17. The first-order valence-corrected chi connectivity index (χ1v) is 7.64. The third-order valence-corrected chi connectivity index (χ3v) is 4.29. The van der Waals surface area contributed by atoms with E-state index in [0.717, 1.165) is 48.1 Å². The first kappa shape index (κ1) is 15.2. The van der Waals surface area contributed by atoms with E-state index in [1.165, 1.54) is 0 Å². The zero-order chi connectivity index (χ0) is 16.4. The Bertz CT molecular complexity index is 794. The fourth-order valence-electron chi connectivity index (χ4n) is 3.26. The van der Waals surface area contributed by atoms with Crippen LogP contribution in [0.25, 0.3) is 11.1 Å². The van der Waals surface area contributed by atoms with Crippen molar-refractivity contribution in [3.05, 3.63) is 35.0 Å². The molecule has 1 aliphatic rings. The minimum atomic E-state index is 0.285. The molecule has 23 heavy (non-hydrogen) atoms. The highest BCUT2D eigenvalue weighted by atomic mass is 16.5. The molecule has 1 aromatic carbocycles. The van der Waals surface area contributed by atoms with E-state index in [1.807, 2.05) is 18.2 Å². The van der Waals surface area contributed by atoms with Gasteiger partial charge in [0.15, 0.2) is 11.5 Å². The van der Waals surface area contributed by atoms with Crippen LogP contribution in [0.4, 0.5) is 5.82 Å². The Kier molecular flexibility index (Phi) is 4.07. The molecule has 0 unspecified atom stereocenters. The van der Waals surface area contributed by atoms with Crippen LogP contribution in [-0.2, 0) is 12.8 Å². The Balaban J connectivity index is 2.36. The predicted molar refractivity (Wildman–Crippen MR) is 88.5 cm³/mol. The Morgan fingerprint density at radius 3 is 2.65 bits per heavy atom. The number of methoxy groups -OCH3 is 2. The number of nitrogen functional groups attached to an aromatic ring is 1. The van der Waals surface area contributed by atoms with Crippen molar-refractivity contribution < 1.29 is 9.47 Å². The summed E-state index contributed by atoms with van der Waals surface area (Å²) in [5.41, 5.74) is 10.2. The number of anilines is 1. The minimum absolute atomic E-state index is 0.285. The third kappa shape index (κ3) is 2.46. The smallest absolute Gasteiger partial charge is 0.168 e. The SMILES string of the molecule is COc1cccc(-c2c(C#N)c(N)nc3c2CCCC3)c1OC. The number of nitrogens with two attached hydrogens (primary N) is 1. The summed E-state index contributed by atoms with van der Waals surface area (Å²) in [6.45, 7) is 0. The largest absolute Gasteiger partial charge is 0.493 e. The number of rotatable bonds is 3. The quantitative estimate of drug-likeness (QED) is 0.942. The number of nitriles is 1. The number of para-hydroxylation sites is 1. The van der Waals surface area contributed by atoms with Crippen molar-refractivity contribution in [2.24, 2.45) is 0 Å². The molecule has 0 bridgehead atoms. The average molecular weight is 309 g/mol. The molecular weight excluding hydrogens is 290 g/mol. The number of ether oxygens (including phenoxy) is 2. The molecule has 5 nitrogen and oxygen atoms in total. The lowest BCUT2D eigenvalue weighted by atomic mass is 9.86. The number of aromatic nitrogens is 1. The molecule has 5 heteroatoms. The Labute approximate surface area is 135 Å². The Morgan fingerprint density at radius 1 is 1.17 bits per heavy atom. The van der Waals surface area contributed by atoms with E-state index in [1.54, 1.807) is 14.2 Å². The molecule has 1 heterocycles. The first-order valence-electron chi connectivity index (χ1n) is 7.64. The van der Waals surface area contributed by atoms with Gasteiger partial charge in [-0.3, -0.25) is 0 Å². The molecule has 0 aliphatic heterocycles. The topological polar surface area (TPSA) is 81.2 Å². The van der Waals surface area contributed by atoms with Gasteiger partial charge in [0.25, 0.3) is 0 Å². The zero-order valence-electron chi connectivity index (χ0n) is 13.3. The van der Waals surface area contributed by atoms with Gasteiger partial charge in [0.2, 0.25) is 0 Å². The fraction of sp³-hybridized carbons (Fsp3) is 0.333. The number of benzene rings is 1. The van der Waals surface area contributed by atoms with E-state index in [-0.39, 0.29) is 5.82 Å². The normalized spacial score (nSPS) is 13.1. The van der Waals surface area contributed by atoms with Crippen molar-refractivity contribution in [3.63, 3.8) is 0 Å². The van der Waals surface area contributed by atoms with Gasteiger partial charge in [-0.25, -0.2) is 4.98 Å². The maximum atomic E-state index is 9.61. The van der Waals surface area contributed by atoms with Gasteiger partial charge < -0.3 is 15.2 Å². The van der Waals surface area contributed by atoms with Crippen LogP contribution in [0.15, 0.2) is 18.2 Å². The van der Waals surface area contributed by atoms with Gasteiger partial charge in [0, 0.05) is 16.8 Å². The van der Waals surface area contributed by atoms with Crippen molar-refractivity contribution in [1.29, 1.82) is 5.26 Å². The van der Waals surface area contributed by atoms with Crippen molar-refractivity contribution >= 4 is 5.82 Å². The molecule has 0 fully saturated rings. The highest BCUT2D eigenvalue weighted by molar-refractivity contribution is 5.84. The highest BCUT2D eigenvalue weighted by Crippen LogP contribution is 2.43. The molecule has 2 N–H and O–H groups in total. The second-order valence-electron chi connectivity index (χ2n) is 5.53. The number of nitrogens with zero attached hydrogens (tertiary/aromatic N) is 2. The number of aryl methyl sites for hydroxylation is 1. The summed E-state index contributed by atoms with van der Waals surface area (Å²) in [4.78, 5) is 4.45.